The van der Waals surface area contributed by atoms with E-state index >= 15 is 0 Å². The molecule has 1 atom stereocenters. The molecule has 4 aromatic rings. The van der Waals surface area contributed by atoms with Gasteiger partial charge in [0.15, 0.2) is 0 Å². The summed E-state index contributed by atoms with van der Waals surface area (Å²) in [6.45, 7) is 0.201. The number of hydrogen-bond acceptors (Lipinski definition) is 4. The number of alkyl halides is 3. The number of pyridine rings is 1. The van der Waals surface area contributed by atoms with Crippen LogP contribution in [0.25, 0.3) is 11.1 Å². The van der Waals surface area contributed by atoms with Crippen LogP contribution in [0, 0.1) is 5.82 Å². The first-order valence-electron chi connectivity index (χ1n) is 11.9. The average Bonchev–Trinajstić information content (AvgIpc) is 3.34. The molecule has 0 saturated heterocycles. The van der Waals surface area contributed by atoms with E-state index in [1.807, 2.05) is 0 Å². The lowest BCUT2D eigenvalue weighted by atomic mass is 9.95. The molecule has 1 aromatic heterocycles. The van der Waals surface area contributed by atoms with Crippen LogP contribution in [-0.2, 0) is 24.0 Å². The zero-order valence-corrected chi connectivity index (χ0v) is 21.1. The molecule has 0 unspecified atom stereocenters. The lowest BCUT2D eigenvalue weighted by Gasteiger charge is -2.18. The van der Waals surface area contributed by atoms with Gasteiger partial charge in [0.2, 0.25) is 0 Å². The zero-order chi connectivity index (χ0) is 27.7. The Morgan fingerprint density at radius 2 is 1.74 bits per heavy atom. The van der Waals surface area contributed by atoms with Gasteiger partial charge in [0.05, 0.1) is 10.6 Å². The number of nitrogens with zero attached hydrogens (tertiary/aromatic N) is 1. The van der Waals surface area contributed by atoms with Crippen molar-refractivity contribution in [2.45, 2.75) is 30.3 Å². The number of carboxylic acid groups (broad SMARTS) is 1. The minimum Gasteiger partial charge on any atom is -0.489 e. The third kappa shape index (κ3) is 5.70. The van der Waals surface area contributed by atoms with Crippen molar-refractivity contribution in [3.63, 3.8) is 0 Å². The molecule has 0 bridgehead atoms. The maximum absolute atomic E-state index is 13.5. The molecule has 5 nitrogen and oxygen atoms in total. The van der Waals surface area contributed by atoms with Crippen molar-refractivity contribution >= 4 is 17.7 Å². The number of aliphatic carboxylic acids is 1. The van der Waals surface area contributed by atoms with Gasteiger partial charge in [0.1, 0.15) is 24.2 Å². The first-order chi connectivity index (χ1) is 18.6. The molecule has 0 amide bonds. The Morgan fingerprint density at radius 1 is 1.00 bits per heavy atom. The number of thioether (sulfide) groups is 1. The van der Waals surface area contributed by atoms with Gasteiger partial charge in [-0.15, -0.1) is 11.8 Å². The molecule has 0 fully saturated rings. The van der Waals surface area contributed by atoms with E-state index in [-0.39, 0.29) is 30.2 Å². The number of carbonyl (C=O) groups is 1. The van der Waals surface area contributed by atoms with Gasteiger partial charge < -0.3 is 9.84 Å². The Morgan fingerprint density at radius 3 is 2.46 bits per heavy atom. The molecule has 2 heterocycles. The van der Waals surface area contributed by atoms with Crippen molar-refractivity contribution in [3.05, 3.63) is 117 Å². The van der Waals surface area contributed by atoms with E-state index in [1.165, 1.54) is 30.3 Å². The summed E-state index contributed by atoms with van der Waals surface area (Å²) in [5.41, 5.74) is 1.24. The first-order valence-corrected chi connectivity index (χ1v) is 12.9. The van der Waals surface area contributed by atoms with Gasteiger partial charge >= 0.3 is 12.1 Å². The summed E-state index contributed by atoms with van der Waals surface area (Å²) in [6, 6.07) is 17.9. The number of carboxylic acids is 1. The van der Waals surface area contributed by atoms with Crippen LogP contribution >= 0.6 is 11.8 Å². The second kappa shape index (κ2) is 10.6. The Kier molecular flexibility index (Phi) is 7.22. The number of aromatic nitrogens is 1. The van der Waals surface area contributed by atoms with Gasteiger partial charge in [0.25, 0.3) is 5.56 Å². The predicted molar refractivity (Wildman–Crippen MR) is 139 cm³/mol. The SMILES string of the molecule is O=C(O)[C@@H]1CSc2c(-c3cccc(C(F)(F)F)c3)c(Cc3cccc(OCc4ccc(F)cc4)c3)cc(=O)n21. The van der Waals surface area contributed by atoms with E-state index in [1.54, 1.807) is 36.4 Å². The number of ether oxygens (including phenoxy) is 1. The Bertz CT molecular complexity index is 1600. The number of rotatable bonds is 7. The number of halogens is 4. The third-order valence-corrected chi connectivity index (χ3v) is 7.51. The summed E-state index contributed by atoms with van der Waals surface area (Å²) in [5.74, 6) is -0.921. The first kappa shape index (κ1) is 26.6. The molecule has 0 spiro atoms. The largest absolute Gasteiger partial charge is 0.489 e. The monoisotopic (exact) mass is 555 g/mol. The van der Waals surface area contributed by atoms with Crippen molar-refractivity contribution in [1.29, 1.82) is 0 Å². The van der Waals surface area contributed by atoms with Crippen LogP contribution in [0.2, 0.25) is 0 Å². The maximum Gasteiger partial charge on any atom is 0.416 e. The third-order valence-electron chi connectivity index (χ3n) is 6.35. The summed E-state index contributed by atoms with van der Waals surface area (Å²) in [7, 11) is 0. The molecule has 10 heteroatoms. The molecule has 0 saturated carbocycles. The van der Waals surface area contributed by atoms with Crippen LogP contribution in [0.5, 0.6) is 5.75 Å². The van der Waals surface area contributed by atoms with Crippen LogP contribution in [-0.4, -0.2) is 21.4 Å². The second-order valence-electron chi connectivity index (χ2n) is 9.04. The summed E-state index contributed by atoms with van der Waals surface area (Å²) < 4.78 is 60.7. The predicted octanol–water partition coefficient (Wildman–Crippen LogP) is 6.57. The van der Waals surface area contributed by atoms with E-state index in [0.717, 1.165) is 39.6 Å². The molecular formula is C29H21F4NO4S. The van der Waals surface area contributed by atoms with Crippen molar-refractivity contribution in [2.75, 3.05) is 5.75 Å². The summed E-state index contributed by atoms with van der Waals surface area (Å²) in [5, 5.41) is 9.95. The number of benzene rings is 3. The lowest BCUT2D eigenvalue weighted by Crippen LogP contribution is -2.29. The van der Waals surface area contributed by atoms with Crippen LogP contribution in [0.3, 0.4) is 0 Å². The Hall–Kier alpha value is -4.05. The Balaban J connectivity index is 1.54. The van der Waals surface area contributed by atoms with Crippen LogP contribution in [0.15, 0.2) is 88.7 Å². The number of fused-ring (bicyclic) bond motifs is 1. The van der Waals surface area contributed by atoms with Crippen molar-refractivity contribution in [3.8, 4) is 16.9 Å². The highest BCUT2D eigenvalue weighted by molar-refractivity contribution is 7.99. The lowest BCUT2D eigenvalue weighted by molar-refractivity contribution is -0.140. The average molecular weight is 556 g/mol. The van der Waals surface area contributed by atoms with Gasteiger partial charge in [-0.1, -0.05) is 36.4 Å². The highest BCUT2D eigenvalue weighted by Crippen LogP contribution is 2.42. The minimum absolute atomic E-state index is 0.0900. The molecule has 200 valence electrons. The van der Waals surface area contributed by atoms with E-state index in [4.69, 9.17) is 4.74 Å². The number of hydrogen-bond donors (Lipinski definition) is 1. The smallest absolute Gasteiger partial charge is 0.416 e. The van der Waals surface area contributed by atoms with E-state index < -0.39 is 29.3 Å². The molecule has 5 rings (SSSR count). The molecule has 39 heavy (non-hydrogen) atoms. The quantitative estimate of drug-likeness (QED) is 0.261. The fraction of sp³-hybridized carbons (Fsp3) is 0.172. The highest BCUT2D eigenvalue weighted by atomic mass is 32.2. The normalized spacial score (nSPS) is 14.7. The molecule has 1 aliphatic heterocycles. The summed E-state index contributed by atoms with van der Waals surface area (Å²) in [4.78, 5) is 24.8. The zero-order valence-electron chi connectivity index (χ0n) is 20.2. The molecule has 3 aromatic carbocycles. The van der Waals surface area contributed by atoms with Gasteiger partial charge in [-0.3, -0.25) is 9.36 Å². The molecule has 1 N–H and O–H groups in total. The fourth-order valence-corrected chi connectivity index (χ4v) is 5.87. The Labute approximate surface area is 224 Å². The van der Waals surface area contributed by atoms with Gasteiger partial charge in [0, 0.05) is 17.4 Å². The highest BCUT2D eigenvalue weighted by Gasteiger charge is 2.34. The maximum atomic E-state index is 13.5. The molecule has 0 aliphatic carbocycles. The van der Waals surface area contributed by atoms with Gasteiger partial charge in [-0.25, -0.2) is 9.18 Å². The van der Waals surface area contributed by atoms with Crippen LogP contribution in [0.1, 0.15) is 28.3 Å². The van der Waals surface area contributed by atoms with Gasteiger partial charge in [-0.05, 0) is 65.1 Å². The van der Waals surface area contributed by atoms with Crippen LogP contribution in [0.4, 0.5) is 17.6 Å². The topological polar surface area (TPSA) is 68.5 Å². The summed E-state index contributed by atoms with van der Waals surface area (Å²) in [6.07, 6.45) is -4.38. The van der Waals surface area contributed by atoms with E-state index in [2.05, 4.69) is 0 Å². The van der Waals surface area contributed by atoms with E-state index in [9.17, 15) is 32.3 Å². The van der Waals surface area contributed by atoms with Crippen molar-refractivity contribution < 1.29 is 32.2 Å². The van der Waals surface area contributed by atoms with Gasteiger partial charge in [-0.2, -0.15) is 13.2 Å². The fourth-order valence-electron chi connectivity index (χ4n) is 4.51. The standard InChI is InChI=1S/C29H21F4NO4S/c30-22-9-7-17(8-10-22)15-38-23-6-1-3-18(12-23)11-20-14-25(35)34-24(28(36)37)16-39-27(34)26(20)19-4-2-5-21(13-19)29(31,32)33/h1-10,12-14,24H,11,15-16H2,(H,36,37)/t24-/m0/s1. The summed E-state index contributed by atoms with van der Waals surface area (Å²) >= 11 is 1.14. The molecule has 1 aliphatic rings. The molecule has 0 radical (unpaired) electrons. The van der Waals surface area contributed by atoms with Crippen molar-refractivity contribution in [2.24, 2.45) is 0 Å². The van der Waals surface area contributed by atoms with Crippen LogP contribution < -0.4 is 10.3 Å². The minimum atomic E-state index is -4.57. The van der Waals surface area contributed by atoms with E-state index in [0.29, 0.717) is 21.9 Å². The molecular weight excluding hydrogens is 534 g/mol. The second-order valence-corrected chi connectivity index (χ2v) is 10.0. The van der Waals surface area contributed by atoms with Crippen molar-refractivity contribution in [1.82, 2.24) is 4.57 Å².